The summed E-state index contributed by atoms with van der Waals surface area (Å²) in [6.07, 6.45) is 0.629. The second-order valence-electron chi connectivity index (χ2n) is 4.03. The van der Waals surface area contributed by atoms with E-state index in [0.29, 0.717) is 17.7 Å². The van der Waals surface area contributed by atoms with Crippen molar-refractivity contribution >= 4 is 17.8 Å². The Balaban J connectivity index is 2.12. The molecule has 0 heterocycles. The summed E-state index contributed by atoms with van der Waals surface area (Å²) in [7, 11) is 0. The van der Waals surface area contributed by atoms with E-state index in [9.17, 15) is 14.9 Å². The van der Waals surface area contributed by atoms with E-state index < -0.39 is 4.92 Å². The maximum absolute atomic E-state index is 11.1. The molecule has 0 saturated carbocycles. The van der Waals surface area contributed by atoms with Crippen molar-refractivity contribution in [2.45, 2.75) is 6.54 Å². The molecule has 0 spiro atoms. The number of nitrogens with zero attached hydrogens (tertiary/aromatic N) is 2. The summed E-state index contributed by atoms with van der Waals surface area (Å²) in [4.78, 5) is 21.5. The fourth-order valence-electron chi connectivity index (χ4n) is 1.79. The third kappa shape index (κ3) is 3.18. The van der Waals surface area contributed by atoms with Crippen LogP contribution < -0.4 is 10.4 Å². The van der Waals surface area contributed by atoms with Crippen molar-refractivity contribution in [2.75, 3.05) is 5.01 Å². The molecule has 2 rings (SSSR count). The summed E-state index contributed by atoms with van der Waals surface area (Å²) in [5, 5.41) is 12.2. The summed E-state index contributed by atoms with van der Waals surface area (Å²) >= 11 is 0. The van der Waals surface area contributed by atoms with Crippen LogP contribution in [0.1, 0.15) is 5.56 Å². The Bertz CT molecular complexity index is 602. The first-order valence-corrected chi connectivity index (χ1v) is 5.98. The van der Waals surface area contributed by atoms with Crippen molar-refractivity contribution < 1.29 is 9.72 Å². The highest BCUT2D eigenvalue weighted by molar-refractivity contribution is 5.73. The third-order valence-corrected chi connectivity index (χ3v) is 2.77. The van der Waals surface area contributed by atoms with Crippen molar-refractivity contribution in [3.8, 4) is 0 Å². The molecule has 2 aromatic carbocycles. The number of nitro benzene ring substituents is 1. The second-order valence-corrected chi connectivity index (χ2v) is 4.03. The molecule has 0 atom stereocenters. The third-order valence-electron chi connectivity index (χ3n) is 2.77. The van der Waals surface area contributed by atoms with Gasteiger partial charge in [0.1, 0.15) is 0 Å². The Morgan fingerprint density at radius 3 is 2.40 bits per heavy atom. The number of carbonyl (C=O) groups excluding carboxylic acids is 1. The van der Waals surface area contributed by atoms with Crippen LogP contribution in [0.4, 0.5) is 11.4 Å². The number of nitro groups is 1. The second kappa shape index (κ2) is 6.44. The van der Waals surface area contributed by atoms with Crippen LogP contribution in [-0.4, -0.2) is 11.3 Å². The maximum atomic E-state index is 11.1. The molecule has 6 heteroatoms. The predicted octanol–water partition coefficient (Wildman–Crippen LogP) is 2.26. The summed E-state index contributed by atoms with van der Waals surface area (Å²) in [6, 6.07) is 15.4. The van der Waals surface area contributed by atoms with Crippen LogP contribution in [0.2, 0.25) is 0 Å². The van der Waals surface area contributed by atoms with E-state index in [2.05, 4.69) is 5.43 Å². The van der Waals surface area contributed by atoms with Gasteiger partial charge in [-0.05, 0) is 12.1 Å². The van der Waals surface area contributed by atoms with Gasteiger partial charge in [0, 0.05) is 18.2 Å². The number of carbonyl (C=O) groups is 1. The molecule has 0 aliphatic carbocycles. The van der Waals surface area contributed by atoms with E-state index in [1.807, 2.05) is 6.07 Å². The van der Waals surface area contributed by atoms with Gasteiger partial charge in [-0.2, -0.15) is 0 Å². The van der Waals surface area contributed by atoms with Crippen molar-refractivity contribution in [3.05, 3.63) is 70.3 Å². The Hall–Kier alpha value is -2.73. The van der Waals surface area contributed by atoms with Gasteiger partial charge in [0.15, 0.2) is 0 Å². The molecule has 0 saturated heterocycles. The molecule has 0 aliphatic heterocycles. The molecule has 0 aromatic heterocycles. The standard InChI is InChI=1S/C14H13N3O3/c18-11-16(13-7-2-1-3-8-13)15-10-12-6-4-5-9-14(12)17(19)20/h1-9,11,15H,10H2. The van der Waals surface area contributed by atoms with E-state index >= 15 is 0 Å². The van der Waals surface area contributed by atoms with E-state index in [1.165, 1.54) is 11.1 Å². The fourth-order valence-corrected chi connectivity index (χ4v) is 1.79. The molecule has 1 amide bonds. The highest BCUT2D eigenvalue weighted by atomic mass is 16.6. The number of rotatable bonds is 6. The van der Waals surface area contributed by atoms with E-state index in [4.69, 9.17) is 0 Å². The zero-order chi connectivity index (χ0) is 14.4. The van der Waals surface area contributed by atoms with Gasteiger partial charge in [0.2, 0.25) is 6.41 Å². The van der Waals surface area contributed by atoms with Crippen LogP contribution in [0.3, 0.4) is 0 Å². The number of hydrazine groups is 1. The zero-order valence-electron chi connectivity index (χ0n) is 10.6. The van der Waals surface area contributed by atoms with Crippen molar-refractivity contribution in [2.24, 2.45) is 0 Å². The Kier molecular flexibility index (Phi) is 4.41. The largest absolute Gasteiger partial charge is 0.277 e. The highest BCUT2D eigenvalue weighted by Crippen LogP contribution is 2.18. The molecular formula is C14H13N3O3. The first-order valence-electron chi connectivity index (χ1n) is 5.98. The number of anilines is 1. The van der Waals surface area contributed by atoms with Crippen molar-refractivity contribution in [1.29, 1.82) is 0 Å². The normalized spacial score (nSPS) is 10.0. The smallest absolute Gasteiger partial charge is 0.273 e. The summed E-state index contributed by atoms with van der Waals surface area (Å²) in [6.45, 7) is 0.185. The van der Waals surface area contributed by atoms with Gasteiger partial charge < -0.3 is 0 Å². The topological polar surface area (TPSA) is 75.5 Å². The lowest BCUT2D eigenvalue weighted by Crippen LogP contribution is -2.36. The Labute approximate surface area is 115 Å². The molecule has 0 bridgehead atoms. The lowest BCUT2D eigenvalue weighted by Gasteiger charge is -2.18. The number of hydrogen-bond donors (Lipinski definition) is 1. The van der Waals surface area contributed by atoms with Crippen LogP contribution in [0.15, 0.2) is 54.6 Å². The molecule has 1 N–H and O–H groups in total. The summed E-state index contributed by atoms with van der Waals surface area (Å²) < 4.78 is 0. The van der Waals surface area contributed by atoms with Gasteiger partial charge in [0.05, 0.1) is 10.6 Å². The van der Waals surface area contributed by atoms with Crippen LogP contribution in [0.5, 0.6) is 0 Å². The quantitative estimate of drug-likeness (QED) is 0.496. The highest BCUT2D eigenvalue weighted by Gasteiger charge is 2.13. The molecule has 2 aromatic rings. The minimum absolute atomic E-state index is 0.0268. The SMILES string of the molecule is O=CN(NCc1ccccc1[N+](=O)[O-])c1ccccc1. The molecule has 0 unspecified atom stereocenters. The lowest BCUT2D eigenvalue weighted by atomic mass is 10.2. The molecule has 6 nitrogen and oxygen atoms in total. The fraction of sp³-hybridized carbons (Fsp3) is 0.0714. The summed E-state index contributed by atoms with van der Waals surface area (Å²) in [5.41, 5.74) is 4.07. The van der Waals surface area contributed by atoms with Gasteiger partial charge in [0.25, 0.3) is 5.69 Å². The molecule has 0 radical (unpaired) electrons. The van der Waals surface area contributed by atoms with E-state index in [-0.39, 0.29) is 12.2 Å². The number of benzene rings is 2. The maximum Gasteiger partial charge on any atom is 0.273 e. The molecule has 0 aliphatic rings. The molecule has 0 fully saturated rings. The number of nitrogens with one attached hydrogen (secondary N) is 1. The molecular weight excluding hydrogens is 258 g/mol. The number of hydrogen-bond acceptors (Lipinski definition) is 4. The average Bonchev–Trinajstić information content (AvgIpc) is 2.49. The van der Waals surface area contributed by atoms with Crippen LogP contribution in [-0.2, 0) is 11.3 Å². The Morgan fingerprint density at radius 1 is 1.10 bits per heavy atom. The van der Waals surface area contributed by atoms with Crippen molar-refractivity contribution in [1.82, 2.24) is 5.43 Å². The van der Waals surface area contributed by atoms with Gasteiger partial charge in [-0.15, -0.1) is 0 Å². The average molecular weight is 271 g/mol. The number of para-hydroxylation sites is 2. The minimum atomic E-state index is -0.440. The first kappa shape index (κ1) is 13.7. The monoisotopic (exact) mass is 271 g/mol. The van der Waals surface area contributed by atoms with Crippen LogP contribution >= 0.6 is 0 Å². The first-order chi connectivity index (χ1) is 9.72. The zero-order valence-corrected chi connectivity index (χ0v) is 10.6. The lowest BCUT2D eigenvalue weighted by molar-refractivity contribution is -0.385. The Morgan fingerprint density at radius 2 is 1.75 bits per heavy atom. The molecule has 102 valence electrons. The van der Waals surface area contributed by atoms with Gasteiger partial charge in [-0.1, -0.05) is 36.4 Å². The van der Waals surface area contributed by atoms with E-state index in [1.54, 1.807) is 42.5 Å². The number of amides is 1. The minimum Gasteiger partial charge on any atom is -0.277 e. The van der Waals surface area contributed by atoms with Gasteiger partial charge >= 0.3 is 0 Å². The van der Waals surface area contributed by atoms with Gasteiger partial charge in [-0.3, -0.25) is 14.9 Å². The van der Waals surface area contributed by atoms with Gasteiger partial charge in [-0.25, -0.2) is 10.4 Å². The summed E-state index contributed by atoms with van der Waals surface area (Å²) in [5.74, 6) is 0. The predicted molar refractivity (Wildman–Crippen MR) is 74.9 cm³/mol. The van der Waals surface area contributed by atoms with E-state index in [0.717, 1.165) is 0 Å². The van der Waals surface area contributed by atoms with Crippen molar-refractivity contribution in [3.63, 3.8) is 0 Å². The molecule has 20 heavy (non-hydrogen) atoms. The van der Waals surface area contributed by atoms with Crippen LogP contribution in [0, 0.1) is 10.1 Å². The van der Waals surface area contributed by atoms with Crippen LogP contribution in [0.25, 0.3) is 0 Å².